The first-order chi connectivity index (χ1) is 14.3. The van der Waals surface area contributed by atoms with Crippen LogP contribution in [0, 0.1) is 0 Å². The summed E-state index contributed by atoms with van der Waals surface area (Å²) in [5.41, 5.74) is 2.50. The highest BCUT2D eigenvalue weighted by Crippen LogP contribution is 2.17. The number of amides is 2. The molecule has 3 rings (SSSR count). The maximum absolute atomic E-state index is 12.7. The van der Waals surface area contributed by atoms with Gasteiger partial charge in [-0.15, -0.1) is 0 Å². The Hall–Kier alpha value is -2.47. The van der Waals surface area contributed by atoms with Gasteiger partial charge in [-0.3, -0.25) is 14.4 Å². The summed E-state index contributed by atoms with van der Waals surface area (Å²) in [7, 11) is 0. The Labute approximate surface area is 186 Å². The summed E-state index contributed by atoms with van der Waals surface area (Å²) in [6.07, 6.45) is 0.390. The summed E-state index contributed by atoms with van der Waals surface area (Å²) in [5, 5.41) is 0. The van der Waals surface area contributed by atoms with Gasteiger partial charge in [-0.05, 0) is 35.7 Å². The van der Waals surface area contributed by atoms with Crippen LogP contribution >= 0.6 is 15.9 Å². The number of ketones is 1. The summed E-state index contributed by atoms with van der Waals surface area (Å²) >= 11 is 3.35. The van der Waals surface area contributed by atoms with Gasteiger partial charge in [0, 0.05) is 54.6 Å². The molecular weight excluding hydrogens is 444 g/mol. The van der Waals surface area contributed by atoms with Gasteiger partial charge < -0.3 is 9.80 Å². The largest absolute Gasteiger partial charge is 0.339 e. The number of nitrogens with zero attached hydrogens (tertiary/aromatic N) is 2. The second kappa shape index (κ2) is 10.0. The summed E-state index contributed by atoms with van der Waals surface area (Å²) in [6, 6.07) is 14.9. The number of benzene rings is 2. The number of carbonyl (C=O) groups excluding carboxylic acids is 3. The van der Waals surface area contributed by atoms with Gasteiger partial charge in [0.25, 0.3) is 5.91 Å². The highest BCUT2D eigenvalue weighted by Gasteiger charge is 2.25. The minimum absolute atomic E-state index is 0.00261. The zero-order valence-corrected chi connectivity index (χ0v) is 19.0. The number of carbonyl (C=O) groups is 3. The third-order valence-electron chi connectivity index (χ3n) is 5.48. The molecule has 2 amide bonds. The lowest BCUT2D eigenvalue weighted by Crippen LogP contribution is -2.50. The highest BCUT2D eigenvalue weighted by molar-refractivity contribution is 9.10. The molecule has 0 aliphatic carbocycles. The first-order valence-corrected chi connectivity index (χ1v) is 11.1. The zero-order valence-electron chi connectivity index (χ0n) is 17.4. The van der Waals surface area contributed by atoms with Crippen molar-refractivity contribution in [3.05, 3.63) is 69.7 Å². The van der Waals surface area contributed by atoms with E-state index in [-0.39, 0.29) is 30.4 Å². The third-order valence-corrected chi connectivity index (χ3v) is 6.00. The molecule has 2 aromatic carbocycles. The van der Waals surface area contributed by atoms with Crippen LogP contribution in [0.4, 0.5) is 0 Å². The van der Waals surface area contributed by atoms with Crippen LogP contribution in [0.25, 0.3) is 0 Å². The van der Waals surface area contributed by atoms with E-state index < -0.39 is 0 Å². The van der Waals surface area contributed by atoms with Crippen LogP contribution in [0.15, 0.2) is 53.0 Å². The number of hydrogen-bond acceptors (Lipinski definition) is 3. The van der Waals surface area contributed by atoms with Crippen molar-refractivity contribution in [3.8, 4) is 0 Å². The van der Waals surface area contributed by atoms with Crippen LogP contribution in [-0.2, 0) is 4.79 Å². The maximum atomic E-state index is 12.7. The SMILES string of the molecule is CC(C)c1ccc(C(=O)N2CCN(C(=O)CCC(=O)c3ccc(Br)cc3)CC2)cc1. The van der Waals surface area contributed by atoms with Crippen LogP contribution < -0.4 is 0 Å². The number of rotatable bonds is 6. The van der Waals surface area contributed by atoms with E-state index in [0.29, 0.717) is 43.2 Å². The summed E-state index contributed by atoms with van der Waals surface area (Å²) in [6.45, 7) is 6.27. The van der Waals surface area contributed by atoms with E-state index in [1.807, 2.05) is 36.4 Å². The molecule has 1 aliphatic heterocycles. The van der Waals surface area contributed by atoms with E-state index in [9.17, 15) is 14.4 Å². The van der Waals surface area contributed by atoms with E-state index in [1.165, 1.54) is 5.56 Å². The monoisotopic (exact) mass is 470 g/mol. The number of Topliss-reactive ketones (excluding diaryl/α,β-unsaturated/α-hetero) is 1. The van der Waals surface area contributed by atoms with Crippen molar-refractivity contribution in [2.75, 3.05) is 26.2 Å². The minimum atomic E-state index is -0.0335. The second-order valence-corrected chi connectivity index (χ2v) is 8.80. The first-order valence-electron chi connectivity index (χ1n) is 10.3. The maximum Gasteiger partial charge on any atom is 0.253 e. The van der Waals surface area contributed by atoms with Gasteiger partial charge in [0.15, 0.2) is 5.78 Å². The Morgan fingerprint density at radius 3 is 1.90 bits per heavy atom. The van der Waals surface area contributed by atoms with Crippen molar-refractivity contribution < 1.29 is 14.4 Å². The molecule has 0 radical (unpaired) electrons. The van der Waals surface area contributed by atoms with E-state index >= 15 is 0 Å². The summed E-state index contributed by atoms with van der Waals surface area (Å²) < 4.78 is 0.915. The van der Waals surface area contributed by atoms with Gasteiger partial charge in [-0.1, -0.05) is 54.0 Å². The van der Waals surface area contributed by atoms with Crippen LogP contribution in [0.1, 0.15) is 58.9 Å². The number of hydrogen-bond donors (Lipinski definition) is 0. The molecule has 0 spiro atoms. The van der Waals surface area contributed by atoms with Gasteiger partial charge in [0.1, 0.15) is 0 Å². The molecule has 6 heteroatoms. The summed E-state index contributed by atoms with van der Waals surface area (Å²) in [5.74, 6) is 0.366. The first kappa shape index (κ1) is 22.2. The molecule has 158 valence electrons. The van der Waals surface area contributed by atoms with Crippen molar-refractivity contribution in [1.82, 2.24) is 9.80 Å². The van der Waals surface area contributed by atoms with Crippen molar-refractivity contribution in [2.45, 2.75) is 32.6 Å². The van der Waals surface area contributed by atoms with E-state index in [4.69, 9.17) is 0 Å². The molecule has 1 aliphatic rings. The Morgan fingerprint density at radius 1 is 0.800 bits per heavy atom. The fraction of sp³-hybridized carbons (Fsp3) is 0.375. The third kappa shape index (κ3) is 5.57. The number of halogens is 1. The molecule has 5 nitrogen and oxygen atoms in total. The molecule has 0 saturated carbocycles. The predicted octanol–water partition coefficient (Wildman–Crippen LogP) is 4.52. The Bertz CT molecular complexity index is 899. The van der Waals surface area contributed by atoms with Gasteiger partial charge in [0.2, 0.25) is 5.91 Å². The van der Waals surface area contributed by atoms with Gasteiger partial charge in [-0.25, -0.2) is 0 Å². The minimum Gasteiger partial charge on any atom is -0.339 e. The fourth-order valence-electron chi connectivity index (χ4n) is 3.51. The average molecular weight is 471 g/mol. The number of piperazine rings is 1. The lowest BCUT2D eigenvalue weighted by molar-refractivity contribution is -0.132. The Morgan fingerprint density at radius 2 is 1.33 bits per heavy atom. The molecule has 0 unspecified atom stereocenters. The standard InChI is InChI=1S/C24H27BrN2O3/c1-17(2)18-3-5-20(6-4-18)24(30)27-15-13-26(14-16-27)23(29)12-11-22(28)19-7-9-21(25)10-8-19/h3-10,17H,11-16H2,1-2H3. The van der Waals surface area contributed by atoms with Crippen LogP contribution in [0.5, 0.6) is 0 Å². The van der Waals surface area contributed by atoms with Crippen molar-refractivity contribution in [3.63, 3.8) is 0 Å². The molecule has 1 saturated heterocycles. The van der Waals surface area contributed by atoms with E-state index in [1.54, 1.807) is 21.9 Å². The zero-order chi connectivity index (χ0) is 21.7. The quantitative estimate of drug-likeness (QED) is 0.583. The smallest absolute Gasteiger partial charge is 0.253 e. The molecule has 0 atom stereocenters. The van der Waals surface area contributed by atoms with Gasteiger partial charge >= 0.3 is 0 Å². The Kier molecular flexibility index (Phi) is 7.43. The van der Waals surface area contributed by atoms with E-state index in [0.717, 1.165) is 4.47 Å². The summed E-state index contributed by atoms with van der Waals surface area (Å²) in [4.78, 5) is 41.0. The second-order valence-electron chi connectivity index (χ2n) is 7.88. The van der Waals surface area contributed by atoms with Gasteiger partial charge in [-0.2, -0.15) is 0 Å². The van der Waals surface area contributed by atoms with Crippen LogP contribution in [0.3, 0.4) is 0 Å². The van der Waals surface area contributed by atoms with Crippen LogP contribution in [-0.4, -0.2) is 53.6 Å². The molecule has 1 heterocycles. The molecule has 30 heavy (non-hydrogen) atoms. The predicted molar refractivity (Wildman–Crippen MR) is 121 cm³/mol. The molecule has 0 aromatic heterocycles. The average Bonchev–Trinajstić information content (AvgIpc) is 2.77. The highest BCUT2D eigenvalue weighted by atomic mass is 79.9. The fourth-order valence-corrected chi connectivity index (χ4v) is 3.78. The molecule has 2 aromatic rings. The lowest BCUT2D eigenvalue weighted by Gasteiger charge is -2.35. The van der Waals surface area contributed by atoms with Crippen LogP contribution in [0.2, 0.25) is 0 Å². The van der Waals surface area contributed by atoms with E-state index in [2.05, 4.69) is 29.8 Å². The van der Waals surface area contributed by atoms with Gasteiger partial charge in [0.05, 0.1) is 0 Å². The molecule has 1 fully saturated rings. The molecule has 0 bridgehead atoms. The molecule has 0 N–H and O–H groups in total. The Balaban J connectivity index is 1.47. The van der Waals surface area contributed by atoms with Crippen molar-refractivity contribution >= 4 is 33.5 Å². The van der Waals surface area contributed by atoms with Crippen molar-refractivity contribution in [1.29, 1.82) is 0 Å². The molecular formula is C24H27BrN2O3. The topological polar surface area (TPSA) is 57.7 Å². The van der Waals surface area contributed by atoms with Crippen molar-refractivity contribution in [2.24, 2.45) is 0 Å². The lowest BCUT2D eigenvalue weighted by atomic mass is 10.0. The normalized spacial score (nSPS) is 14.1.